The van der Waals surface area contributed by atoms with Crippen LogP contribution in [0.1, 0.15) is 6.42 Å². The van der Waals surface area contributed by atoms with Crippen LogP contribution in [0.15, 0.2) is 0 Å². The second kappa shape index (κ2) is 1.54. The normalized spacial score (nSPS) is 37.7. The molecule has 0 amide bonds. The quantitative estimate of drug-likeness (QED) is 0.379. The third-order valence-corrected chi connectivity index (χ3v) is 1.75. The Morgan fingerprint density at radius 3 is 1.67 bits per heavy atom. The van der Waals surface area contributed by atoms with Crippen LogP contribution in [0.3, 0.4) is 0 Å². The third-order valence-electron chi connectivity index (χ3n) is 1.32. The molecule has 1 saturated carbocycles. The standard InChI is InChI=1S/C4H3ClF4/c5-2-1-3(6,7)4(2,8)9/h2H,1H2/t2-/m1/s1. The fraction of sp³-hybridized carbons (Fsp3) is 1.00. The van der Waals surface area contributed by atoms with E-state index in [9.17, 15) is 17.6 Å². The van der Waals surface area contributed by atoms with Crippen LogP contribution in [0.5, 0.6) is 0 Å². The van der Waals surface area contributed by atoms with E-state index in [1.165, 1.54) is 0 Å². The van der Waals surface area contributed by atoms with Crippen molar-refractivity contribution < 1.29 is 17.6 Å². The Hall–Kier alpha value is 0.01000. The molecule has 0 aromatic rings. The lowest BCUT2D eigenvalue weighted by Gasteiger charge is -2.40. The van der Waals surface area contributed by atoms with E-state index in [4.69, 9.17) is 11.6 Å². The van der Waals surface area contributed by atoms with Gasteiger partial charge in [0.25, 0.3) is 0 Å². The molecule has 1 fully saturated rings. The van der Waals surface area contributed by atoms with E-state index in [0.717, 1.165) is 0 Å². The highest BCUT2D eigenvalue weighted by Crippen LogP contribution is 2.53. The molecule has 0 saturated heterocycles. The van der Waals surface area contributed by atoms with Crippen LogP contribution in [0.25, 0.3) is 0 Å². The Bertz CT molecular complexity index is 133. The summed E-state index contributed by atoms with van der Waals surface area (Å²) in [5.74, 6) is -7.87. The number of hydrogen-bond acceptors (Lipinski definition) is 0. The minimum absolute atomic E-state index is 0.915. The van der Waals surface area contributed by atoms with Crippen molar-refractivity contribution >= 4 is 11.6 Å². The van der Waals surface area contributed by atoms with Gasteiger partial charge in [0.1, 0.15) is 5.38 Å². The van der Waals surface area contributed by atoms with Gasteiger partial charge in [-0.15, -0.1) is 11.6 Å². The summed E-state index contributed by atoms with van der Waals surface area (Å²) in [6.07, 6.45) is -0.915. The summed E-state index contributed by atoms with van der Waals surface area (Å²) in [5.41, 5.74) is 0. The smallest absolute Gasteiger partial charge is 0.200 e. The molecule has 0 aliphatic heterocycles. The van der Waals surface area contributed by atoms with Gasteiger partial charge in [0.05, 0.1) is 0 Å². The molecule has 0 bridgehead atoms. The first-order valence-corrected chi connectivity index (χ1v) is 2.71. The van der Waals surface area contributed by atoms with Crippen molar-refractivity contribution in [1.82, 2.24) is 0 Å². The van der Waals surface area contributed by atoms with Gasteiger partial charge in [-0.1, -0.05) is 0 Å². The summed E-state index contributed by atoms with van der Waals surface area (Å²) in [4.78, 5) is 0. The summed E-state index contributed by atoms with van der Waals surface area (Å²) in [6.45, 7) is 0. The third kappa shape index (κ3) is 0.723. The van der Waals surface area contributed by atoms with E-state index in [0.29, 0.717) is 0 Å². The van der Waals surface area contributed by atoms with E-state index >= 15 is 0 Å². The molecule has 0 radical (unpaired) electrons. The Labute approximate surface area is 53.8 Å². The van der Waals surface area contributed by atoms with E-state index in [2.05, 4.69) is 0 Å². The van der Waals surface area contributed by atoms with Crippen LogP contribution in [0.2, 0.25) is 0 Å². The zero-order chi connectivity index (χ0) is 7.28. The van der Waals surface area contributed by atoms with Crippen molar-refractivity contribution in [3.63, 3.8) is 0 Å². The van der Waals surface area contributed by atoms with Gasteiger partial charge in [0.15, 0.2) is 0 Å². The Balaban J connectivity index is 2.70. The Morgan fingerprint density at radius 2 is 1.67 bits per heavy atom. The molecular weight excluding hydrogens is 159 g/mol. The van der Waals surface area contributed by atoms with Crippen molar-refractivity contribution in [2.75, 3.05) is 0 Å². The zero-order valence-corrected chi connectivity index (χ0v) is 4.93. The average molecular weight is 163 g/mol. The highest BCUT2D eigenvalue weighted by molar-refractivity contribution is 6.22. The van der Waals surface area contributed by atoms with Gasteiger partial charge >= 0.3 is 11.8 Å². The van der Waals surface area contributed by atoms with E-state index < -0.39 is 23.6 Å². The first kappa shape index (κ1) is 7.12. The Kier molecular flexibility index (Phi) is 1.22. The molecule has 1 aliphatic rings. The van der Waals surface area contributed by atoms with Crippen molar-refractivity contribution in [2.24, 2.45) is 0 Å². The van der Waals surface area contributed by atoms with Crippen molar-refractivity contribution in [2.45, 2.75) is 23.6 Å². The van der Waals surface area contributed by atoms with Crippen molar-refractivity contribution in [3.8, 4) is 0 Å². The van der Waals surface area contributed by atoms with Crippen LogP contribution in [0, 0.1) is 0 Å². The first-order chi connectivity index (χ1) is 3.88. The maximum absolute atomic E-state index is 11.8. The molecule has 54 valence electrons. The summed E-state index contributed by atoms with van der Waals surface area (Å²) < 4.78 is 47.1. The lowest BCUT2D eigenvalue weighted by molar-refractivity contribution is -0.271. The predicted molar refractivity (Wildman–Crippen MR) is 24.2 cm³/mol. The van der Waals surface area contributed by atoms with Crippen LogP contribution in [0.4, 0.5) is 17.6 Å². The lowest BCUT2D eigenvalue weighted by atomic mass is 9.89. The molecule has 0 heterocycles. The highest BCUT2D eigenvalue weighted by atomic mass is 35.5. The van der Waals surface area contributed by atoms with Gasteiger partial charge in [0.2, 0.25) is 0 Å². The van der Waals surface area contributed by atoms with Gasteiger partial charge in [0, 0.05) is 6.42 Å². The SMILES string of the molecule is FC1(F)C[C@@H](Cl)C1(F)F. The maximum atomic E-state index is 11.8. The molecule has 0 nitrogen and oxygen atoms in total. The average Bonchev–Trinajstić information content (AvgIpc) is 1.65. The second-order valence-electron chi connectivity index (χ2n) is 2.00. The molecule has 1 rings (SSSR count). The van der Waals surface area contributed by atoms with Crippen LogP contribution < -0.4 is 0 Å². The monoisotopic (exact) mass is 162 g/mol. The highest BCUT2D eigenvalue weighted by Gasteiger charge is 2.71. The number of halogens is 5. The van der Waals surface area contributed by atoms with E-state index in [-0.39, 0.29) is 0 Å². The van der Waals surface area contributed by atoms with E-state index in [1.54, 1.807) is 0 Å². The molecule has 1 atom stereocenters. The van der Waals surface area contributed by atoms with Gasteiger partial charge in [-0.25, -0.2) is 0 Å². The topological polar surface area (TPSA) is 0 Å². The van der Waals surface area contributed by atoms with Gasteiger partial charge < -0.3 is 0 Å². The van der Waals surface area contributed by atoms with Crippen molar-refractivity contribution in [3.05, 3.63) is 0 Å². The molecule has 0 spiro atoms. The van der Waals surface area contributed by atoms with Crippen molar-refractivity contribution in [1.29, 1.82) is 0 Å². The summed E-state index contributed by atoms with van der Waals surface area (Å²) in [6, 6.07) is 0. The fourth-order valence-corrected chi connectivity index (χ4v) is 0.941. The molecule has 0 aromatic carbocycles. The minimum atomic E-state index is -3.99. The molecule has 1 aliphatic carbocycles. The van der Waals surface area contributed by atoms with Gasteiger partial charge in [-0.2, -0.15) is 17.6 Å². The second-order valence-corrected chi connectivity index (χ2v) is 2.53. The molecule has 0 unspecified atom stereocenters. The zero-order valence-electron chi connectivity index (χ0n) is 4.17. The number of rotatable bonds is 0. The molecule has 0 aromatic heterocycles. The van der Waals surface area contributed by atoms with Crippen LogP contribution in [-0.4, -0.2) is 17.2 Å². The summed E-state index contributed by atoms with van der Waals surface area (Å²) >= 11 is 4.80. The van der Waals surface area contributed by atoms with Gasteiger partial charge in [-0.05, 0) is 0 Å². The Morgan fingerprint density at radius 1 is 1.22 bits per heavy atom. The molecular formula is C4H3ClF4. The first-order valence-electron chi connectivity index (χ1n) is 2.27. The molecule has 5 heteroatoms. The summed E-state index contributed by atoms with van der Waals surface area (Å²) in [7, 11) is 0. The minimum Gasteiger partial charge on any atom is -0.200 e. The molecule has 0 N–H and O–H groups in total. The predicted octanol–water partition coefficient (Wildman–Crippen LogP) is 2.27. The maximum Gasteiger partial charge on any atom is 0.326 e. The molecule has 9 heavy (non-hydrogen) atoms. The van der Waals surface area contributed by atoms with Gasteiger partial charge in [-0.3, -0.25) is 0 Å². The lowest BCUT2D eigenvalue weighted by Crippen LogP contribution is -2.59. The van der Waals surface area contributed by atoms with Crippen LogP contribution in [-0.2, 0) is 0 Å². The summed E-state index contributed by atoms with van der Waals surface area (Å²) in [5, 5.41) is -1.69. The largest absolute Gasteiger partial charge is 0.326 e. The van der Waals surface area contributed by atoms with Crippen LogP contribution >= 0.6 is 11.6 Å². The number of hydrogen-bond donors (Lipinski definition) is 0. The fourth-order valence-electron chi connectivity index (χ4n) is 0.587. The van der Waals surface area contributed by atoms with E-state index in [1.807, 2.05) is 0 Å². The number of alkyl halides is 5.